The summed E-state index contributed by atoms with van der Waals surface area (Å²) in [5.41, 5.74) is 3.03. The molecule has 0 spiro atoms. The van der Waals surface area contributed by atoms with Gasteiger partial charge < -0.3 is 19.9 Å². The van der Waals surface area contributed by atoms with Crippen LogP contribution in [0.4, 0.5) is 11.4 Å². The summed E-state index contributed by atoms with van der Waals surface area (Å²) >= 11 is 0. The maximum absolute atomic E-state index is 9.84. The van der Waals surface area contributed by atoms with Crippen molar-refractivity contribution >= 4 is 22.3 Å². The van der Waals surface area contributed by atoms with Crippen molar-refractivity contribution in [2.75, 3.05) is 19.5 Å². The van der Waals surface area contributed by atoms with Gasteiger partial charge in [0, 0.05) is 23.2 Å². The van der Waals surface area contributed by atoms with E-state index in [4.69, 9.17) is 9.47 Å². The van der Waals surface area contributed by atoms with Crippen molar-refractivity contribution in [3.05, 3.63) is 42.1 Å². The molecule has 0 aliphatic heterocycles. The molecule has 0 bridgehead atoms. The van der Waals surface area contributed by atoms with Gasteiger partial charge in [0.1, 0.15) is 5.75 Å². The number of rotatable bonds is 4. The van der Waals surface area contributed by atoms with Crippen molar-refractivity contribution < 1.29 is 14.6 Å². The Morgan fingerprint density at radius 1 is 1.04 bits per heavy atom. The highest BCUT2D eigenvalue weighted by atomic mass is 16.5. The van der Waals surface area contributed by atoms with Crippen molar-refractivity contribution in [2.24, 2.45) is 0 Å². The highest BCUT2D eigenvalue weighted by Crippen LogP contribution is 2.35. The highest BCUT2D eigenvalue weighted by Gasteiger charge is 2.11. The monoisotopic (exact) mass is 311 g/mol. The Hall–Kier alpha value is -3.02. The number of hydrogen-bond donors (Lipinski definition) is 2. The normalized spacial score (nSPS) is 10.6. The van der Waals surface area contributed by atoms with E-state index in [0.29, 0.717) is 17.0 Å². The first-order chi connectivity index (χ1) is 11.1. The summed E-state index contributed by atoms with van der Waals surface area (Å²) in [7, 11) is 3.16. The first-order valence-electron chi connectivity index (χ1n) is 7.06. The molecule has 0 fully saturated rings. The summed E-state index contributed by atoms with van der Waals surface area (Å²) in [6, 6.07) is 9.03. The number of phenolic OH excluding ortho intramolecular Hbond substituents is 1. The average Bonchev–Trinajstić information content (AvgIpc) is 2.57. The lowest BCUT2D eigenvalue weighted by Gasteiger charge is -2.12. The minimum Gasteiger partial charge on any atom is -0.508 e. The molecule has 118 valence electrons. The van der Waals surface area contributed by atoms with Gasteiger partial charge in [0.05, 0.1) is 31.6 Å². The molecule has 6 heteroatoms. The molecule has 23 heavy (non-hydrogen) atoms. The topological polar surface area (TPSA) is 76.5 Å². The predicted octanol–water partition coefficient (Wildman–Crippen LogP) is 3.40. The zero-order valence-corrected chi connectivity index (χ0v) is 13.1. The Bertz CT molecular complexity index is 865. The van der Waals surface area contributed by atoms with Crippen LogP contribution in [0, 0.1) is 6.92 Å². The maximum Gasteiger partial charge on any atom is 0.162 e. The van der Waals surface area contributed by atoms with Gasteiger partial charge in [0.25, 0.3) is 0 Å². The summed E-state index contributed by atoms with van der Waals surface area (Å²) in [6.07, 6.45) is 1.63. The van der Waals surface area contributed by atoms with Crippen LogP contribution in [0.25, 0.3) is 10.9 Å². The first kappa shape index (κ1) is 14.9. The van der Waals surface area contributed by atoms with E-state index in [0.717, 1.165) is 22.3 Å². The van der Waals surface area contributed by atoms with E-state index in [9.17, 15) is 5.11 Å². The number of ether oxygens (including phenoxy) is 2. The molecule has 0 atom stereocenters. The van der Waals surface area contributed by atoms with E-state index in [2.05, 4.69) is 15.5 Å². The summed E-state index contributed by atoms with van der Waals surface area (Å²) in [5, 5.41) is 22.1. The molecule has 2 aromatic carbocycles. The molecule has 0 radical (unpaired) electrons. The van der Waals surface area contributed by atoms with Gasteiger partial charge in [-0.1, -0.05) is 6.07 Å². The van der Waals surface area contributed by atoms with Crippen LogP contribution in [-0.4, -0.2) is 29.5 Å². The molecule has 3 aromatic rings. The molecule has 0 aliphatic carbocycles. The Balaban J connectivity index is 2.08. The van der Waals surface area contributed by atoms with E-state index in [1.54, 1.807) is 32.5 Å². The molecule has 3 rings (SSSR count). The van der Waals surface area contributed by atoms with E-state index in [1.165, 1.54) is 0 Å². The SMILES string of the molecule is COc1cc2nncc(Nc3ccc(C)c(O)c3)c2cc1OC. The molecular weight excluding hydrogens is 294 g/mol. The number of fused-ring (bicyclic) bond motifs is 1. The summed E-state index contributed by atoms with van der Waals surface area (Å²) in [6.45, 7) is 1.85. The van der Waals surface area contributed by atoms with Crippen molar-refractivity contribution in [1.82, 2.24) is 10.2 Å². The third-order valence-electron chi connectivity index (χ3n) is 3.63. The quantitative estimate of drug-likeness (QED) is 0.769. The Morgan fingerprint density at radius 2 is 1.78 bits per heavy atom. The number of nitrogens with one attached hydrogen (secondary N) is 1. The standard InChI is InChI=1S/C17H17N3O3/c1-10-4-5-11(6-15(10)21)19-14-9-18-20-13-8-17(23-3)16(22-2)7-12(13)14/h4-9,21H,1-3H3,(H,19,20). The van der Waals surface area contributed by atoms with Crippen LogP contribution in [0.1, 0.15) is 5.56 Å². The lowest BCUT2D eigenvalue weighted by atomic mass is 10.1. The zero-order chi connectivity index (χ0) is 16.4. The van der Waals surface area contributed by atoms with Gasteiger partial charge in [-0.05, 0) is 24.6 Å². The van der Waals surface area contributed by atoms with Gasteiger partial charge in [0.2, 0.25) is 0 Å². The number of nitrogens with zero attached hydrogens (tertiary/aromatic N) is 2. The molecule has 1 aromatic heterocycles. The van der Waals surface area contributed by atoms with Crippen molar-refractivity contribution in [1.29, 1.82) is 0 Å². The Morgan fingerprint density at radius 3 is 2.48 bits per heavy atom. The van der Waals surface area contributed by atoms with Crippen molar-refractivity contribution in [3.8, 4) is 17.2 Å². The second kappa shape index (κ2) is 6.00. The van der Waals surface area contributed by atoms with Gasteiger partial charge in [-0.2, -0.15) is 10.2 Å². The van der Waals surface area contributed by atoms with Crippen molar-refractivity contribution in [2.45, 2.75) is 6.92 Å². The van der Waals surface area contributed by atoms with Crippen LogP contribution in [0.5, 0.6) is 17.2 Å². The van der Waals surface area contributed by atoms with E-state index in [1.807, 2.05) is 25.1 Å². The van der Waals surface area contributed by atoms with E-state index >= 15 is 0 Å². The summed E-state index contributed by atoms with van der Waals surface area (Å²) in [5.74, 6) is 1.45. The number of phenols is 1. The number of aryl methyl sites for hydroxylation is 1. The molecule has 0 saturated carbocycles. The van der Waals surface area contributed by atoms with Gasteiger partial charge in [-0.15, -0.1) is 0 Å². The van der Waals surface area contributed by atoms with Gasteiger partial charge in [-0.3, -0.25) is 0 Å². The predicted molar refractivity (Wildman–Crippen MR) is 88.8 cm³/mol. The minimum absolute atomic E-state index is 0.237. The molecule has 1 heterocycles. The third kappa shape index (κ3) is 2.83. The van der Waals surface area contributed by atoms with Crippen LogP contribution in [0.2, 0.25) is 0 Å². The molecular formula is C17H17N3O3. The Kier molecular flexibility index (Phi) is 3.89. The van der Waals surface area contributed by atoms with Crippen LogP contribution in [0.15, 0.2) is 36.5 Å². The second-order valence-electron chi connectivity index (χ2n) is 5.11. The van der Waals surface area contributed by atoms with E-state index in [-0.39, 0.29) is 5.75 Å². The second-order valence-corrected chi connectivity index (χ2v) is 5.11. The molecule has 0 unspecified atom stereocenters. The summed E-state index contributed by atoms with van der Waals surface area (Å²) in [4.78, 5) is 0. The number of benzene rings is 2. The first-order valence-corrected chi connectivity index (χ1v) is 7.06. The molecule has 0 aliphatic rings. The van der Waals surface area contributed by atoms with Crippen LogP contribution in [-0.2, 0) is 0 Å². The molecule has 6 nitrogen and oxygen atoms in total. The van der Waals surface area contributed by atoms with Gasteiger partial charge >= 0.3 is 0 Å². The minimum atomic E-state index is 0.237. The lowest BCUT2D eigenvalue weighted by molar-refractivity contribution is 0.356. The summed E-state index contributed by atoms with van der Waals surface area (Å²) < 4.78 is 10.6. The molecule has 0 saturated heterocycles. The van der Waals surface area contributed by atoms with Gasteiger partial charge in [0.15, 0.2) is 11.5 Å². The fourth-order valence-corrected chi connectivity index (χ4v) is 2.33. The number of methoxy groups -OCH3 is 2. The third-order valence-corrected chi connectivity index (χ3v) is 3.63. The van der Waals surface area contributed by atoms with Crippen LogP contribution in [0.3, 0.4) is 0 Å². The molecule has 0 amide bonds. The number of aromatic hydroxyl groups is 1. The fraction of sp³-hybridized carbons (Fsp3) is 0.176. The molecule has 2 N–H and O–H groups in total. The van der Waals surface area contributed by atoms with E-state index < -0.39 is 0 Å². The van der Waals surface area contributed by atoms with Gasteiger partial charge in [-0.25, -0.2) is 0 Å². The van der Waals surface area contributed by atoms with Crippen LogP contribution < -0.4 is 14.8 Å². The zero-order valence-electron chi connectivity index (χ0n) is 13.1. The highest BCUT2D eigenvalue weighted by molar-refractivity contribution is 5.94. The lowest BCUT2D eigenvalue weighted by Crippen LogP contribution is -1.97. The number of anilines is 2. The fourth-order valence-electron chi connectivity index (χ4n) is 2.33. The number of aromatic nitrogens is 2. The van der Waals surface area contributed by atoms with Crippen LogP contribution >= 0.6 is 0 Å². The number of hydrogen-bond acceptors (Lipinski definition) is 6. The Labute approximate surface area is 133 Å². The largest absolute Gasteiger partial charge is 0.508 e. The maximum atomic E-state index is 9.84. The average molecular weight is 311 g/mol. The van der Waals surface area contributed by atoms with Crippen molar-refractivity contribution in [3.63, 3.8) is 0 Å². The smallest absolute Gasteiger partial charge is 0.162 e.